The van der Waals surface area contributed by atoms with Crippen molar-refractivity contribution in [1.82, 2.24) is 0 Å². The number of halogens is 1. The molecular weight excluding hydrogens is 312 g/mol. The fourth-order valence-corrected chi connectivity index (χ4v) is 2.54. The molecule has 0 fully saturated rings. The van der Waals surface area contributed by atoms with E-state index in [1.165, 1.54) is 11.1 Å². The van der Waals surface area contributed by atoms with Gasteiger partial charge in [0.2, 0.25) is 0 Å². The molecule has 2 aromatic carbocycles. The summed E-state index contributed by atoms with van der Waals surface area (Å²) < 4.78 is 5.23. The topological polar surface area (TPSA) is 42.8 Å². The number of rotatable bonds is 6. The Morgan fingerprint density at radius 2 is 1.91 bits per heavy atom. The van der Waals surface area contributed by atoms with Crippen LogP contribution in [0, 0.1) is 6.92 Å². The van der Waals surface area contributed by atoms with Gasteiger partial charge in [-0.1, -0.05) is 41.4 Å². The quantitative estimate of drug-likeness (QED) is 0.852. The highest BCUT2D eigenvalue weighted by atomic mass is 35.5. The Morgan fingerprint density at radius 3 is 2.57 bits per heavy atom. The van der Waals surface area contributed by atoms with Crippen molar-refractivity contribution in [2.45, 2.75) is 13.5 Å². The van der Waals surface area contributed by atoms with E-state index >= 15 is 0 Å². The first kappa shape index (κ1) is 17.3. The van der Waals surface area contributed by atoms with Crippen LogP contribution in [0.15, 0.2) is 42.5 Å². The number of ether oxygens (including phenoxy) is 1. The molecule has 0 saturated heterocycles. The predicted octanol–water partition coefficient (Wildman–Crippen LogP) is 2.31. The molecule has 0 aliphatic heterocycles. The standard InChI is InChI=1S/C18H21ClN2O2/c1-13-4-6-14(7-5-13)11-21(2)12-18(22)20-16-10-15(19)8-9-17(16)23-3/h4-10H,11-12H2,1-3H3,(H,20,22)/p+1. The summed E-state index contributed by atoms with van der Waals surface area (Å²) in [5.74, 6) is 0.522. The van der Waals surface area contributed by atoms with Gasteiger partial charge in [0.1, 0.15) is 12.3 Å². The lowest BCUT2D eigenvalue weighted by molar-refractivity contribution is -0.885. The minimum Gasteiger partial charge on any atom is -0.495 e. The highest BCUT2D eigenvalue weighted by Crippen LogP contribution is 2.27. The number of hydrogen-bond acceptors (Lipinski definition) is 2. The molecular formula is C18H22ClN2O2+. The summed E-state index contributed by atoms with van der Waals surface area (Å²) in [4.78, 5) is 13.3. The second kappa shape index (κ2) is 7.99. The van der Waals surface area contributed by atoms with Crippen LogP contribution in [0.1, 0.15) is 11.1 Å². The number of quaternary nitrogens is 1. The third kappa shape index (κ3) is 5.27. The lowest BCUT2D eigenvalue weighted by Crippen LogP contribution is -3.08. The highest BCUT2D eigenvalue weighted by Gasteiger charge is 2.13. The van der Waals surface area contributed by atoms with Crippen LogP contribution in [0.25, 0.3) is 0 Å². The first-order valence-electron chi connectivity index (χ1n) is 7.48. The molecule has 0 aliphatic carbocycles. The van der Waals surface area contributed by atoms with Gasteiger partial charge in [-0.3, -0.25) is 4.79 Å². The van der Waals surface area contributed by atoms with Crippen molar-refractivity contribution in [3.8, 4) is 5.75 Å². The number of anilines is 1. The maximum absolute atomic E-state index is 12.2. The van der Waals surface area contributed by atoms with Crippen LogP contribution in [0.4, 0.5) is 5.69 Å². The first-order chi connectivity index (χ1) is 11.0. The lowest BCUT2D eigenvalue weighted by atomic mass is 10.1. The zero-order valence-corrected chi connectivity index (χ0v) is 14.4. The molecule has 2 N–H and O–H groups in total. The van der Waals surface area contributed by atoms with Crippen LogP contribution >= 0.6 is 11.6 Å². The fraction of sp³-hybridized carbons (Fsp3) is 0.278. The van der Waals surface area contributed by atoms with Crippen LogP contribution < -0.4 is 15.0 Å². The number of methoxy groups -OCH3 is 1. The van der Waals surface area contributed by atoms with Crippen molar-refractivity contribution in [3.63, 3.8) is 0 Å². The summed E-state index contributed by atoms with van der Waals surface area (Å²) in [6.07, 6.45) is 0. The van der Waals surface area contributed by atoms with E-state index < -0.39 is 0 Å². The molecule has 2 aromatic rings. The predicted molar refractivity (Wildman–Crippen MR) is 93.3 cm³/mol. The molecule has 2 rings (SSSR count). The van der Waals surface area contributed by atoms with Gasteiger partial charge >= 0.3 is 0 Å². The minimum atomic E-state index is -0.0739. The largest absolute Gasteiger partial charge is 0.495 e. The maximum atomic E-state index is 12.2. The van der Waals surface area contributed by atoms with Crippen LogP contribution in [0.5, 0.6) is 5.75 Å². The van der Waals surface area contributed by atoms with Gasteiger partial charge in [-0.25, -0.2) is 0 Å². The average molecular weight is 334 g/mol. The van der Waals surface area contributed by atoms with Crippen molar-refractivity contribution < 1.29 is 14.4 Å². The Hall–Kier alpha value is -2.04. The maximum Gasteiger partial charge on any atom is 0.279 e. The van der Waals surface area contributed by atoms with Gasteiger partial charge in [-0.05, 0) is 25.1 Å². The van der Waals surface area contributed by atoms with E-state index in [4.69, 9.17) is 16.3 Å². The second-order valence-corrected chi connectivity index (χ2v) is 6.13. The van der Waals surface area contributed by atoms with Gasteiger partial charge in [0.05, 0.1) is 19.8 Å². The Kier molecular flexibility index (Phi) is 6.02. The van der Waals surface area contributed by atoms with Gasteiger partial charge < -0.3 is 15.0 Å². The van der Waals surface area contributed by atoms with E-state index in [-0.39, 0.29) is 5.91 Å². The van der Waals surface area contributed by atoms with Crippen LogP contribution in [-0.2, 0) is 11.3 Å². The Morgan fingerprint density at radius 1 is 1.22 bits per heavy atom. The molecule has 0 saturated carbocycles. The number of nitrogens with one attached hydrogen (secondary N) is 2. The molecule has 4 nitrogen and oxygen atoms in total. The number of hydrogen-bond donors (Lipinski definition) is 2. The number of amides is 1. The first-order valence-corrected chi connectivity index (χ1v) is 7.86. The molecule has 0 spiro atoms. The van der Waals surface area contributed by atoms with Crippen molar-refractivity contribution >= 4 is 23.2 Å². The van der Waals surface area contributed by atoms with Gasteiger partial charge in [-0.2, -0.15) is 0 Å². The molecule has 0 heterocycles. The molecule has 5 heteroatoms. The minimum absolute atomic E-state index is 0.0739. The third-order valence-electron chi connectivity index (χ3n) is 3.52. The van der Waals surface area contributed by atoms with E-state index in [0.717, 1.165) is 11.4 Å². The molecule has 0 aromatic heterocycles. The van der Waals surface area contributed by atoms with Crippen molar-refractivity contribution in [2.24, 2.45) is 0 Å². The fourth-order valence-electron chi connectivity index (χ4n) is 2.36. The van der Waals surface area contributed by atoms with E-state index in [0.29, 0.717) is 23.0 Å². The summed E-state index contributed by atoms with van der Waals surface area (Å²) in [6, 6.07) is 13.5. The summed E-state index contributed by atoms with van der Waals surface area (Å²) in [5.41, 5.74) is 3.03. The van der Waals surface area contributed by atoms with Gasteiger partial charge in [-0.15, -0.1) is 0 Å². The van der Waals surface area contributed by atoms with Crippen molar-refractivity contribution in [3.05, 3.63) is 58.6 Å². The average Bonchev–Trinajstić information content (AvgIpc) is 2.49. The summed E-state index contributed by atoms with van der Waals surface area (Å²) in [5, 5.41) is 3.42. The molecule has 0 radical (unpaired) electrons. The van der Waals surface area contributed by atoms with Crippen molar-refractivity contribution in [1.29, 1.82) is 0 Å². The summed E-state index contributed by atoms with van der Waals surface area (Å²) in [7, 11) is 3.56. The zero-order chi connectivity index (χ0) is 16.8. The van der Waals surface area contributed by atoms with E-state index in [1.807, 2.05) is 7.05 Å². The van der Waals surface area contributed by atoms with Crippen LogP contribution in [-0.4, -0.2) is 26.6 Å². The van der Waals surface area contributed by atoms with Gasteiger partial charge in [0, 0.05) is 10.6 Å². The number of carbonyl (C=O) groups excluding carboxylic acids is 1. The number of carbonyl (C=O) groups is 1. The van der Waals surface area contributed by atoms with E-state index in [2.05, 4.69) is 36.5 Å². The van der Waals surface area contributed by atoms with Crippen LogP contribution in [0.2, 0.25) is 5.02 Å². The van der Waals surface area contributed by atoms with E-state index in [1.54, 1.807) is 25.3 Å². The monoisotopic (exact) mass is 333 g/mol. The number of likely N-dealkylation sites (N-methyl/N-ethyl adjacent to an activating group) is 1. The molecule has 0 aliphatic rings. The molecule has 1 amide bonds. The SMILES string of the molecule is COc1ccc(Cl)cc1NC(=O)C[NH+](C)Cc1ccc(C)cc1. The second-order valence-electron chi connectivity index (χ2n) is 5.69. The third-order valence-corrected chi connectivity index (χ3v) is 3.76. The van der Waals surface area contributed by atoms with Crippen molar-refractivity contribution in [2.75, 3.05) is 26.0 Å². The van der Waals surface area contributed by atoms with Gasteiger partial charge in [0.15, 0.2) is 6.54 Å². The lowest BCUT2D eigenvalue weighted by Gasteiger charge is -2.15. The van der Waals surface area contributed by atoms with Gasteiger partial charge in [0.25, 0.3) is 5.91 Å². The Labute approximate surface area is 142 Å². The highest BCUT2D eigenvalue weighted by molar-refractivity contribution is 6.31. The molecule has 122 valence electrons. The molecule has 1 unspecified atom stereocenters. The normalized spacial score (nSPS) is 11.8. The molecule has 23 heavy (non-hydrogen) atoms. The zero-order valence-electron chi connectivity index (χ0n) is 13.7. The number of aryl methyl sites for hydroxylation is 1. The summed E-state index contributed by atoms with van der Waals surface area (Å²) >= 11 is 5.97. The van der Waals surface area contributed by atoms with E-state index in [9.17, 15) is 4.79 Å². The summed E-state index contributed by atoms with van der Waals surface area (Å²) in [6.45, 7) is 3.22. The van der Waals surface area contributed by atoms with Crippen LogP contribution in [0.3, 0.4) is 0 Å². The smallest absolute Gasteiger partial charge is 0.279 e. The molecule has 0 bridgehead atoms. The molecule has 1 atom stereocenters. The Balaban J connectivity index is 1.94. The number of benzene rings is 2. The Bertz CT molecular complexity index is 671.